The summed E-state index contributed by atoms with van der Waals surface area (Å²) in [5, 5.41) is 8.31. The molecule has 3 atom stereocenters. The molecule has 0 bridgehead atoms. The first-order chi connectivity index (χ1) is 17.3. The van der Waals surface area contributed by atoms with Crippen LogP contribution in [0.4, 0.5) is 5.69 Å². The van der Waals surface area contributed by atoms with Gasteiger partial charge in [0.2, 0.25) is 5.91 Å². The number of nitrogens with zero attached hydrogens (tertiary/aromatic N) is 2. The summed E-state index contributed by atoms with van der Waals surface area (Å²) in [5.74, 6) is 0.327. The summed E-state index contributed by atoms with van der Waals surface area (Å²) < 4.78 is 0. The van der Waals surface area contributed by atoms with E-state index in [2.05, 4.69) is 29.4 Å². The highest BCUT2D eigenvalue weighted by Crippen LogP contribution is 2.35. The van der Waals surface area contributed by atoms with E-state index in [-0.39, 0.29) is 18.2 Å². The number of benzene rings is 2. The number of anilines is 1. The highest BCUT2D eigenvalue weighted by atomic mass is 35.5. The van der Waals surface area contributed by atoms with E-state index in [1.807, 2.05) is 30.3 Å². The first-order valence-corrected chi connectivity index (χ1v) is 13.7. The summed E-state index contributed by atoms with van der Waals surface area (Å²) in [4.78, 5) is 19.5. The van der Waals surface area contributed by atoms with Crippen LogP contribution in [-0.2, 0) is 4.79 Å². The van der Waals surface area contributed by atoms with Crippen molar-refractivity contribution >= 4 is 40.8 Å². The van der Waals surface area contributed by atoms with Crippen molar-refractivity contribution in [2.45, 2.75) is 76.4 Å². The zero-order valence-electron chi connectivity index (χ0n) is 21.1. The predicted molar refractivity (Wildman–Crippen MR) is 150 cm³/mol. The fourth-order valence-corrected chi connectivity index (χ4v) is 5.94. The zero-order valence-corrected chi connectivity index (χ0v) is 22.7. The maximum atomic E-state index is 11.9. The third kappa shape index (κ3) is 7.15. The lowest BCUT2D eigenvalue weighted by atomic mass is 9.88. The second-order valence-corrected chi connectivity index (χ2v) is 11.1. The van der Waals surface area contributed by atoms with Crippen LogP contribution in [0.2, 0.25) is 10.0 Å². The minimum atomic E-state index is -0.378. The van der Waals surface area contributed by atoms with Crippen LogP contribution in [0.5, 0.6) is 0 Å². The third-order valence-electron chi connectivity index (χ3n) is 7.05. The minimum absolute atomic E-state index is 0.166. The fourth-order valence-electron chi connectivity index (χ4n) is 5.40. The molecule has 1 aliphatic heterocycles. The van der Waals surface area contributed by atoms with Crippen molar-refractivity contribution in [2.75, 3.05) is 18.4 Å². The molecule has 3 unspecified atom stereocenters. The number of amides is 1. The van der Waals surface area contributed by atoms with Gasteiger partial charge in [0.25, 0.3) is 0 Å². The van der Waals surface area contributed by atoms with Crippen molar-refractivity contribution in [2.24, 2.45) is 10.7 Å². The molecule has 2 aromatic carbocycles. The molecule has 1 saturated heterocycles. The minimum Gasteiger partial charge on any atom is -0.370 e. The second kappa shape index (κ2) is 12.3. The van der Waals surface area contributed by atoms with Crippen LogP contribution < -0.4 is 16.4 Å². The number of hydrogen-bond acceptors (Lipinski definition) is 3. The average Bonchev–Trinajstić information content (AvgIpc) is 2.83. The Hall–Kier alpha value is -2.28. The van der Waals surface area contributed by atoms with E-state index < -0.39 is 0 Å². The number of carbonyl (C=O) groups excluding carboxylic acids is 1. The van der Waals surface area contributed by atoms with E-state index in [1.54, 1.807) is 12.1 Å². The molecule has 2 fully saturated rings. The Kier molecular flexibility index (Phi) is 9.15. The van der Waals surface area contributed by atoms with Gasteiger partial charge in [0, 0.05) is 53.2 Å². The zero-order chi connectivity index (χ0) is 25.7. The Morgan fingerprint density at radius 3 is 2.36 bits per heavy atom. The number of rotatable bonds is 6. The molecule has 0 aromatic heterocycles. The maximum Gasteiger partial charge on any atom is 0.218 e. The van der Waals surface area contributed by atoms with E-state index >= 15 is 0 Å². The normalized spacial score (nSPS) is 22.3. The smallest absolute Gasteiger partial charge is 0.218 e. The van der Waals surface area contributed by atoms with Crippen LogP contribution in [0.25, 0.3) is 0 Å². The van der Waals surface area contributed by atoms with Crippen LogP contribution in [0.3, 0.4) is 0 Å². The monoisotopic (exact) mass is 529 g/mol. The van der Waals surface area contributed by atoms with Crippen LogP contribution >= 0.6 is 23.2 Å². The highest BCUT2D eigenvalue weighted by Gasteiger charge is 2.25. The van der Waals surface area contributed by atoms with Crippen LogP contribution in [-0.4, -0.2) is 48.0 Å². The molecule has 36 heavy (non-hydrogen) atoms. The molecule has 194 valence electrons. The topological polar surface area (TPSA) is 82.8 Å². The number of nitrogens with two attached hydrogens (primary N) is 1. The summed E-state index contributed by atoms with van der Waals surface area (Å²) in [5.41, 5.74) is 8.36. The summed E-state index contributed by atoms with van der Waals surface area (Å²) in [6, 6.07) is 14.7. The van der Waals surface area contributed by atoms with E-state index in [0.717, 1.165) is 48.7 Å². The molecule has 4 rings (SSSR count). The van der Waals surface area contributed by atoms with Crippen LogP contribution in [0.1, 0.15) is 69.4 Å². The standard InChI is InChI=1S/C28H37Cl2N5O/c1-18-16-35(17-19(2)32-18)28(33-22-6-4-3-5-7-22)34-23-11-8-20(9-12-23)25(15-27(31)36)24-13-10-21(29)14-26(24)30/h8-14,18-19,22,25,32H,3-7,15-17H2,1-2H3,(H2,31,36)(H,33,34). The highest BCUT2D eigenvalue weighted by molar-refractivity contribution is 6.35. The van der Waals surface area contributed by atoms with Gasteiger partial charge < -0.3 is 21.3 Å². The predicted octanol–water partition coefficient (Wildman–Crippen LogP) is 5.78. The number of piperazine rings is 1. The van der Waals surface area contributed by atoms with Crippen molar-refractivity contribution in [3.05, 3.63) is 63.6 Å². The number of hydrogen-bond donors (Lipinski definition) is 3. The van der Waals surface area contributed by atoms with Crippen molar-refractivity contribution < 1.29 is 4.79 Å². The number of nitrogens with one attached hydrogen (secondary N) is 2. The molecule has 1 amide bonds. The van der Waals surface area contributed by atoms with Gasteiger partial charge in [-0.15, -0.1) is 0 Å². The van der Waals surface area contributed by atoms with E-state index in [1.165, 1.54) is 19.3 Å². The molecule has 6 nitrogen and oxygen atoms in total. The lowest BCUT2D eigenvalue weighted by Crippen LogP contribution is -2.57. The number of carbonyl (C=O) groups is 1. The van der Waals surface area contributed by atoms with Gasteiger partial charge in [-0.05, 0) is 62.1 Å². The molecule has 2 aliphatic rings. The second-order valence-electron chi connectivity index (χ2n) is 10.3. The van der Waals surface area contributed by atoms with E-state index in [0.29, 0.717) is 28.2 Å². The van der Waals surface area contributed by atoms with Crippen molar-refractivity contribution in [3.63, 3.8) is 0 Å². The lowest BCUT2D eigenvalue weighted by molar-refractivity contribution is -0.118. The van der Waals surface area contributed by atoms with Crippen molar-refractivity contribution in [1.29, 1.82) is 0 Å². The molecule has 0 radical (unpaired) electrons. The van der Waals surface area contributed by atoms with E-state index in [9.17, 15) is 4.79 Å². The Balaban J connectivity index is 1.58. The molecular formula is C28H37Cl2N5O. The third-order valence-corrected chi connectivity index (χ3v) is 7.61. The first-order valence-electron chi connectivity index (χ1n) is 13.0. The van der Waals surface area contributed by atoms with Crippen molar-refractivity contribution in [1.82, 2.24) is 10.2 Å². The molecule has 4 N–H and O–H groups in total. The molecule has 2 aromatic rings. The SMILES string of the molecule is CC1CN(C(=NC2CCCCC2)Nc2ccc(C(CC(N)=O)c3ccc(Cl)cc3Cl)cc2)CC(C)N1. The molecular weight excluding hydrogens is 493 g/mol. The first kappa shape index (κ1) is 26.8. The van der Waals surface area contributed by atoms with Crippen LogP contribution in [0, 0.1) is 0 Å². The summed E-state index contributed by atoms with van der Waals surface area (Å²) in [7, 11) is 0. The number of halogens is 2. The van der Waals surface area contributed by atoms with Gasteiger partial charge in [0.15, 0.2) is 5.96 Å². The fraction of sp³-hybridized carbons (Fsp3) is 0.500. The molecule has 8 heteroatoms. The van der Waals surface area contributed by atoms with Gasteiger partial charge in [-0.2, -0.15) is 0 Å². The van der Waals surface area contributed by atoms with E-state index in [4.69, 9.17) is 33.9 Å². The lowest BCUT2D eigenvalue weighted by Gasteiger charge is -2.38. The number of aliphatic imine (C=N–C) groups is 1. The van der Waals surface area contributed by atoms with Crippen molar-refractivity contribution in [3.8, 4) is 0 Å². The Bertz CT molecular complexity index is 1060. The number of primary amides is 1. The quantitative estimate of drug-likeness (QED) is 0.327. The Morgan fingerprint density at radius 1 is 1.08 bits per heavy atom. The van der Waals surface area contributed by atoms with Crippen LogP contribution in [0.15, 0.2) is 47.5 Å². The van der Waals surface area contributed by atoms with Gasteiger partial charge in [-0.1, -0.05) is 60.7 Å². The van der Waals surface area contributed by atoms with Gasteiger partial charge in [-0.25, -0.2) is 4.99 Å². The van der Waals surface area contributed by atoms with Gasteiger partial charge >= 0.3 is 0 Å². The Morgan fingerprint density at radius 2 is 1.75 bits per heavy atom. The number of guanidine groups is 1. The maximum absolute atomic E-state index is 11.9. The molecule has 1 aliphatic carbocycles. The summed E-state index contributed by atoms with van der Waals surface area (Å²) >= 11 is 12.6. The molecule has 1 saturated carbocycles. The Labute approximate surface area is 224 Å². The molecule has 1 heterocycles. The van der Waals surface area contributed by atoms with Gasteiger partial charge in [0.1, 0.15) is 0 Å². The largest absolute Gasteiger partial charge is 0.370 e. The summed E-state index contributed by atoms with van der Waals surface area (Å²) in [6.07, 6.45) is 6.27. The summed E-state index contributed by atoms with van der Waals surface area (Å²) in [6.45, 7) is 6.26. The average molecular weight is 531 g/mol. The van der Waals surface area contributed by atoms with Gasteiger partial charge in [0.05, 0.1) is 6.04 Å². The molecule has 0 spiro atoms. The van der Waals surface area contributed by atoms with Gasteiger partial charge in [-0.3, -0.25) is 4.79 Å².